The van der Waals surface area contributed by atoms with Crippen molar-refractivity contribution in [2.75, 3.05) is 0 Å². The van der Waals surface area contributed by atoms with Crippen LogP contribution in [0.4, 0.5) is 0 Å². The first-order valence-electron chi connectivity index (χ1n) is 5.89. The Kier molecular flexibility index (Phi) is 4.31. The third kappa shape index (κ3) is 3.37. The third-order valence-corrected chi connectivity index (χ3v) is 5.01. The SMILES string of the molecule is CCc1ncc(CNCc2cc(C)c(C)s2)s1. The summed E-state index contributed by atoms with van der Waals surface area (Å²) in [6.07, 6.45) is 3.02. The molecule has 2 nitrogen and oxygen atoms in total. The number of thiophene rings is 1. The van der Waals surface area contributed by atoms with Crippen LogP contribution in [0.3, 0.4) is 0 Å². The quantitative estimate of drug-likeness (QED) is 0.893. The molecule has 17 heavy (non-hydrogen) atoms. The van der Waals surface area contributed by atoms with Gasteiger partial charge in [0.25, 0.3) is 0 Å². The topological polar surface area (TPSA) is 24.9 Å². The monoisotopic (exact) mass is 266 g/mol. The van der Waals surface area contributed by atoms with E-state index in [0.29, 0.717) is 0 Å². The minimum Gasteiger partial charge on any atom is -0.307 e. The van der Waals surface area contributed by atoms with E-state index in [2.05, 4.69) is 37.1 Å². The number of hydrogen-bond acceptors (Lipinski definition) is 4. The fourth-order valence-corrected chi connectivity index (χ4v) is 3.49. The second-order valence-electron chi connectivity index (χ2n) is 4.13. The molecule has 0 fully saturated rings. The van der Waals surface area contributed by atoms with Gasteiger partial charge in [-0.25, -0.2) is 4.98 Å². The lowest BCUT2D eigenvalue weighted by molar-refractivity contribution is 0.707. The van der Waals surface area contributed by atoms with E-state index in [1.807, 2.05) is 17.5 Å². The molecule has 2 aromatic heterocycles. The van der Waals surface area contributed by atoms with Gasteiger partial charge in [-0.3, -0.25) is 0 Å². The Morgan fingerprint density at radius 3 is 2.53 bits per heavy atom. The van der Waals surface area contributed by atoms with Gasteiger partial charge in [0.1, 0.15) is 0 Å². The van der Waals surface area contributed by atoms with E-state index in [9.17, 15) is 0 Å². The van der Waals surface area contributed by atoms with Crippen molar-refractivity contribution in [1.29, 1.82) is 0 Å². The van der Waals surface area contributed by atoms with Gasteiger partial charge in [-0.05, 0) is 31.9 Å². The van der Waals surface area contributed by atoms with Crippen molar-refractivity contribution >= 4 is 22.7 Å². The van der Waals surface area contributed by atoms with Crippen LogP contribution in [0.2, 0.25) is 0 Å². The Balaban J connectivity index is 1.83. The summed E-state index contributed by atoms with van der Waals surface area (Å²) in [5.74, 6) is 0. The summed E-state index contributed by atoms with van der Waals surface area (Å²) in [5.41, 5.74) is 1.40. The van der Waals surface area contributed by atoms with E-state index >= 15 is 0 Å². The first-order chi connectivity index (χ1) is 8.19. The fourth-order valence-electron chi connectivity index (χ4n) is 1.64. The fraction of sp³-hybridized carbons (Fsp3) is 0.462. The van der Waals surface area contributed by atoms with E-state index in [4.69, 9.17) is 0 Å². The molecule has 4 heteroatoms. The first-order valence-corrected chi connectivity index (χ1v) is 7.52. The summed E-state index contributed by atoms with van der Waals surface area (Å²) in [6.45, 7) is 8.38. The molecule has 2 aromatic rings. The van der Waals surface area contributed by atoms with Crippen molar-refractivity contribution in [3.63, 3.8) is 0 Å². The Morgan fingerprint density at radius 1 is 1.18 bits per heavy atom. The molecule has 0 spiro atoms. The van der Waals surface area contributed by atoms with Gasteiger partial charge in [-0.15, -0.1) is 22.7 Å². The smallest absolute Gasteiger partial charge is 0.0925 e. The number of aryl methyl sites for hydroxylation is 3. The molecule has 0 saturated carbocycles. The van der Waals surface area contributed by atoms with E-state index in [0.717, 1.165) is 19.5 Å². The number of aromatic nitrogens is 1. The maximum absolute atomic E-state index is 4.36. The lowest BCUT2D eigenvalue weighted by Gasteiger charge is -1.99. The molecule has 0 atom stereocenters. The predicted molar refractivity (Wildman–Crippen MR) is 75.8 cm³/mol. The molecule has 0 aromatic carbocycles. The molecule has 0 saturated heterocycles. The number of nitrogens with one attached hydrogen (secondary N) is 1. The zero-order chi connectivity index (χ0) is 12.3. The van der Waals surface area contributed by atoms with Crippen LogP contribution in [0, 0.1) is 13.8 Å². The Bertz CT molecular complexity index is 466. The first kappa shape index (κ1) is 12.7. The number of hydrogen-bond donors (Lipinski definition) is 1. The zero-order valence-electron chi connectivity index (χ0n) is 10.5. The van der Waals surface area contributed by atoms with Gasteiger partial charge in [0.15, 0.2) is 0 Å². The molecular formula is C13H18N2S2. The summed E-state index contributed by atoms with van der Waals surface area (Å²) in [6, 6.07) is 2.27. The summed E-state index contributed by atoms with van der Waals surface area (Å²) in [5, 5.41) is 4.70. The van der Waals surface area contributed by atoms with Gasteiger partial charge < -0.3 is 5.32 Å². The highest BCUT2D eigenvalue weighted by molar-refractivity contribution is 7.12. The van der Waals surface area contributed by atoms with Crippen molar-refractivity contribution < 1.29 is 0 Å². The summed E-state index contributed by atoms with van der Waals surface area (Å²) in [4.78, 5) is 8.53. The molecule has 0 amide bonds. The normalized spacial score (nSPS) is 11.0. The molecule has 0 unspecified atom stereocenters. The van der Waals surface area contributed by atoms with E-state index in [1.165, 1.54) is 25.2 Å². The highest BCUT2D eigenvalue weighted by Gasteiger charge is 2.02. The van der Waals surface area contributed by atoms with Gasteiger partial charge in [0.05, 0.1) is 5.01 Å². The van der Waals surface area contributed by atoms with Crippen molar-refractivity contribution in [3.05, 3.63) is 37.5 Å². The van der Waals surface area contributed by atoms with Crippen molar-refractivity contribution in [2.24, 2.45) is 0 Å². The lowest BCUT2D eigenvalue weighted by atomic mass is 10.3. The Hall–Kier alpha value is -0.710. The average molecular weight is 266 g/mol. The van der Waals surface area contributed by atoms with Gasteiger partial charge in [0.2, 0.25) is 0 Å². The minimum atomic E-state index is 0.924. The highest BCUT2D eigenvalue weighted by Crippen LogP contribution is 2.20. The number of rotatable bonds is 5. The largest absolute Gasteiger partial charge is 0.307 e. The van der Waals surface area contributed by atoms with E-state index in [1.54, 1.807) is 11.3 Å². The van der Waals surface area contributed by atoms with Crippen LogP contribution >= 0.6 is 22.7 Å². The molecule has 0 aliphatic heterocycles. The van der Waals surface area contributed by atoms with Crippen LogP contribution in [0.5, 0.6) is 0 Å². The molecule has 0 radical (unpaired) electrons. The third-order valence-electron chi connectivity index (χ3n) is 2.72. The van der Waals surface area contributed by atoms with E-state index < -0.39 is 0 Å². The second-order valence-corrected chi connectivity index (χ2v) is 6.67. The molecule has 2 rings (SSSR count). The maximum atomic E-state index is 4.36. The van der Waals surface area contributed by atoms with Crippen LogP contribution in [-0.2, 0) is 19.5 Å². The molecule has 2 heterocycles. The minimum absolute atomic E-state index is 0.924. The standard InChI is InChI=1S/C13H18N2S2/c1-4-13-15-8-12(17-13)7-14-6-11-5-9(2)10(3)16-11/h5,8,14H,4,6-7H2,1-3H3. The molecule has 1 N–H and O–H groups in total. The van der Waals surface area contributed by atoms with Gasteiger partial charge in [-0.2, -0.15) is 0 Å². The molecule has 0 aliphatic rings. The van der Waals surface area contributed by atoms with Crippen LogP contribution in [-0.4, -0.2) is 4.98 Å². The molecule has 0 aliphatic carbocycles. The average Bonchev–Trinajstić information content (AvgIpc) is 2.87. The zero-order valence-corrected chi connectivity index (χ0v) is 12.2. The predicted octanol–water partition coefficient (Wildman–Crippen LogP) is 3.67. The van der Waals surface area contributed by atoms with Gasteiger partial charge in [-0.1, -0.05) is 6.92 Å². The maximum Gasteiger partial charge on any atom is 0.0925 e. The van der Waals surface area contributed by atoms with Crippen molar-refractivity contribution in [1.82, 2.24) is 10.3 Å². The summed E-state index contributed by atoms with van der Waals surface area (Å²) < 4.78 is 0. The van der Waals surface area contributed by atoms with Crippen LogP contribution in [0.15, 0.2) is 12.3 Å². The van der Waals surface area contributed by atoms with Crippen LogP contribution < -0.4 is 5.32 Å². The number of thiazole rings is 1. The van der Waals surface area contributed by atoms with Gasteiger partial charge >= 0.3 is 0 Å². The second kappa shape index (κ2) is 5.76. The lowest BCUT2D eigenvalue weighted by Crippen LogP contribution is -2.10. The Morgan fingerprint density at radius 2 is 1.94 bits per heavy atom. The van der Waals surface area contributed by atoms with E-state index in [-0.39, 0.29) is 0 Å². The Labute approximate surface area is 111 Å². The van der Waals surface area contributed by atoms with Crippen molar-refractivity contribution in [2.45, 2.75) is 40.3 Å². The summed E-state index contributed by atoms with van der Waals surface area (Å²) in [7, 11) is 0. The van der Waals surface area contributed by atoms with Crippen LogP contribution in [0.25, 0.3) is 0 Å². The summed E-state index contributed by atoms with van der Waals surface area (Å²) >= 11 is 3.69. The molecule has 0 bridgehead atoms. The highest BCUT2D eigenvalue weighted by atomic mass is 32.1. The van der Waals surface area contributed by atoms with Gasteiger partial charge in [0, 0.05) is 33.9 Å². The molecular weight excluding hydrogens is 248 g/mol. The molecule has 92 valence electrons. The van der Waals surface area contributed by atoms with Crippen molar-refractivity contribution in [3.8, 4) is 0 Å². The number of nitrogens with zero attached hydrogens (tertiary/aromatic N) is 1. The van der Waals surface area contributed by atoms with Crippen LogP contribution in [0.1, 0.15) is 32.1 Å².